The molecule has 4 heterocycles. The van der Waals surface area contributed by atoms with Crippen molar-refractivity contribution in [2.45, 2.75) is 58.9 Å². The molecule has 2 aliphatic rings. The molecule has 34 heavy (non-hydrogen) atoms. The molecule has 2 saturated heterocycles. The predicted molar refractivity (Wildman–Crippen MR) is 137 cm³/mol. The molecule has 0 unspecified atom stereocenters. The molecule has 0 aliphatic carbocycles. The number of hydrogen-bond acceptors (Lipinski definition) is 5. The minimum Gasteiger partial charge on any atom is -0.356 e. The van der Waals surface area contributed by atoms with Crippen molar-refractivity contribution in [2.75, 3.05) is 24.5 Å². The molecule has 2 fully saturated rings. The highest BCUT2D eigenvalue weighted by molar-refractivity contribution is 9.10. The molecule has 0 bridgehead atoms. The number of likely N-dealkylation sites (tertiary alicyclic amines) is 1. The lowest BCUT2D eigenvalue weighted by molar-refractivity contribution is 0.0605. The van der Waals surface area contributed by atoms with Crippen LogP contribution in [-0.2, 0) is 0 Å². The number of amides is 1. The Morgan fingerprint density at radius 2 is 1.79 bits per heavy atom. The zero-order chi connectivity index (χ0) is 24.2. The monoisotopic (exact) mass is 522 g/mol. The van der Waals surface area contributed by atoms with Gasteiger partial charge in [-0.1, -0.05) is 22.0 Å². The summed E-state index contributed by atoms with van der Waals surface area (Å²) in [5, 5.41) is 12.2. The van der Waals surface area contributed by atoms with Gasteiger partial charge in [-0.3, -0.25) is 4.79 Å². The van der Waals surface area contributed by atoms with Crippen molar-refractivity contribution < 1.29 is 4.79 Å². The van der Waals surface area contributed by atoms with E-state index in [2.05, 4.69) is 40.0 Å². The Kier molecular flexibility index (Phi) is 7.52. The van der Waals surface area contributed by atoms with Gasteiger partial charge in [0, 0.05) is 54.4 Å². The zero-order valence-corrected chi connectivity index (χ0v) is 21.7. The second kappa shape index (κ2) is 10.6. The van der Waals surface area contributed by atoms with Crippen LogP contribution in [0.15, 0.2) is 34.9 Å². The molecule has 1 amide bonds. The molecule has 3 aromatic rings. The van der Waals surface area contributed by atoms with Crippen molar-refractivity contribution in [3.8, 4) is 6.07 Å². The molecular weight excluding hydrogens is 492 g/mol. The van der Waals surface area contributed by atoms with E-state index in [1.165, 1.54) is 19.8 Å². The largest absolute Gasteiger partial charge is 0.356 e. The molecule has 2 aliphatic heterocycles. The van der Waals surface area contributed by atoms with Crippen molar-refractivity contribution >= 4 is 33.3 Å². The Balaban J connectivity index is 0.000000868. The van der Waals surface area contributed by atoms with E-state index in [0.717, 1.165) is 77.2 Å². The topological polar surface area (TPSA) is 77.5 Å². The number of fused-ring (bicyclic) bond motifs is 1. The minimum absolute atomic E-state index is 0.0168. The first kappa shape index (κ1) is 24.2. The second-order valence-electron chi connectivity index (χ2n) is 9.01. The number of nitriles is 1. The number of rotatable bonds is 3. The molecule has 0 saturated carbocycles. The number of nitrogens with zero attached hydrogens (tertiary/aromatic N) is 6. The normalized spacial score (nSPS) is 17.9. The van der Waals surface area contributed by atoms with E-state index in [-0.39, 0.29) is 11.9 Å². The number of benzene rings is 1. The quantitative estimate of drug-likeness (QED) is 0.446. The maximum Gasteiger partial charge on any atom is 0.254 e. The Bertz CT molecular complexity index is 1220. The van der Waals surface area contributed by atoms with Gasteiger partial charge < -0.3 is 9.80 Å². The number of anilines is 1. The molecule has 2 aromatic heterocycles. The van der Waals surface area contributed by atoms with E-state index in [0.29, 0.717) is 0 Å². The summed E-state index contributed by atoms with van der Waals surface area (Å²) in [5.74, 6) is 1.15. The minimum atomic E-state index is -0.0168. The highest BCUT2D eigenvalue weighted by Crippen LogP contribution is 2.33. The average molecular weight is 523 g/mol. The number of piperidine rings is 1. The summed E-state index contributed by atoms with van der Waals surface area (Å²) in [6, 6.07) is 9.71. The van der Waals surface area contributed by atoms with E-state index in [9.17, 15) is 4.79 Å². The first-order chi connectivity index (χ1) is 16.4. The van der Waals surface area contributed by atoms with Gasteiger partial charge in [-0.05, 0) is 63.6 Å². The van der Waals surface area contributed by atoms with Gasteiger partial charge in [0.2, 0.25) is 0 Å². The molecule has 7 nitrogen and oxygen atoms in total. The van der Waals surface area contributed by atoms with Gasteiger partial charge in [-0.2, -0.15) is 10.4 Å². The highest BCUT2D eigenvalue weighted by Gasteiger charge is 2.31. The first-order valence-corrected chi connectivity index (χ1v) is 12.7. The number of carbonyl (C=O) groups excluding carboxylic acids is 1. The van der Waals surface area contributed by atoms with Gasteiger partial charge in [-0.15, -0.1) is 0 Å². The Morgan fingerprint density at radius 3 is 2.53 bits per heavy atom. The third-order valence-corrected chi connectivity index (χ3v) is 7.06. The van der Waals surface area contributed by atoms with Crippen LogP contribution in [0.4, 0.5) is 5.82 Å². The van der Waals surface area contributed by atoms with Gasteiger partial charge in [0.25, 0.3) is 5.91 Å². The van der Waals surface area contributed by atoms with E-state index in [4.69, 9.17) is 15.3 Å². The molecule has 1 aromatic carbocycles. The molecule has 0 N–H and O–H groups in total. The van der Waals surface area contributed by atoms with Crippen LogP contribution in [0.25, 0.3) is 5.65 Å². The van der Waals surface area contributed by atoms with E-state index in [1.807, 2.05) is 34.5 Å². The average Bonchev–Trinajstić information content (AvgIpc) is 3.50. The van der Waals surface area contributed by atoms with Gasteiger partial charge >= 0.3 is 0 Å². The summed E-state index contributed by atoms with van der Waals surface area (Å²) < 4.78 is 2.81. The lowest BCUT2D eigenvalue weighted by Crippen LogP contribution is -2.39. The van der Waals surface area contributed by atoms with E-state index in [1.54, 1.807) is 6.07 Å². The standard InChI is InChI=1S/C24H28BrN5O.C2H3N/c1-16-8-9-18(25)13-19(16)24(31)29-12-4-3-7-21(29)20-14-22-26-23(28-10-5-6-11-28)17(2)15-30(22)27-20;1-2-3/h8-9,13-15,21H,3-7,10-12H2,1-2H3;1H3/t21-;/m0./s1. The van der Waals surface area contributed by atoms with Crippen molar-refractivity contribution in [1.29, 1.82) is 5.26 Å². The molecule has 0 spiro atoms. The molecular formula is C26H31BrN6O. The third kappa shape index (κ3) is 4.95. The summed E-state index contributed by atoms with van der Waals surface area (Å²) in [6.07, 6.45) is 7.59. The van der Waals surface area contributed by atoms with Gasteiger partial charge in [0.1, 0.15) is 5.82 Å². The van der Waals surface area contributed by atoms with E-state index < -0.39 is 0 Å². The summed E-state index contributed by atoms with van der Waals surface area (Å²) >= 11 is 3.51. The fourth-order valence-electron chi connectivity index (χ4n) is 4.89. The fourth-order valence-corrected chi connectivity index (χ4v) is 5.25. The van der Waals surface area contributed by atoms with Crippen molar-refractivity contribution in [1.82, 2.24) is 19.5 Å². The van der Waals surface area contributed by atoms with Gasteiger partial charge in [0.15, 0.2) is 5.65 Å². The van der Waals surface area contributed by atoms with Gasteiger partial charge in [0.05, 0.1) is 17.8 Å². The van der Waals surface area contributed by atoms with Crippen LogP contribution < -0.4 is 4.90 Å². The molecule has 1 atom stereocenters. The molecule has 0 radical (unpaired) electrons. The lowest BCUT2D eigenvalue weighted by atomic mass is 9.97. The number of aromatic nitrogens is 3. The van der Waals surface area contributed by atoms with E-state index >= 15 is 0 Å². The summed E-state index contributed by atoms with van der Waals surface area (Å²) in [6.45, 7) is 8.43. The lowest BCUT2D eigenvalue weighted by Gasteiger charge is -2.35. The van der Waals surface area contributed by atoms with Crippen LogP contribution in [0.3, 0.4) is 0 Å². The Hall–Kier alpha value is -2.92. The number of carbonyl (C=O) groups is 1. The predicted octanol–water partition coefficient (Wildman–Crippen LogP) is 5.61. The highest BCUT2D eigenvalue weighted by atomic mass is 79.9. The van der Waals surface area contributed by atoms with Crippen molar-refractivity contribution in [3.05, 3.63) is 57.3 Å². The second-order valence-corrected chi connectivity index (χ2v) is 9.92. The van der Waals surface area contributed by atoms with Crippen LogP contribution in [0, 0.1) is 25.2 Å². The number of hydrogen-bond donors (Lipinski definition) is 0. The van der Waals surface area contributed by atoms with Gasteiger partial charge in [-0.25, -0.2) is 9.50 Å². The summed E-state index contributed by atoms with van der Waals surface area (Å²) in [5.41, 5.74) is 4.70. The maximum absolute atomic E-state index is 13.5. The fraction of sp³-hybridized carbons (Fsp3) is 0.462. The summed E-state index contributed by atoms with van der Waals surface area (Å²) in [4.78, 5) is 22.8. The van der Waals surface area contributed by atoms with Crippen molar-refractivity contribution in [3.63, 3.8) is 0 Å². The Labute approximate surface area is 209 Å². The summed E-state index contributed by atoms with van der Waals surface area (Å²) in [7, 11) is 0. The smallest absolute Gasteiger partial charge is 0.254 e. The third-order valence-electron chi connectivity index (χ3n) is 6.56. The van der Waals surface area contributed by atoms with Crippen LogP contribution >= 0.6 is 15.9 Å². The molecule has 8 heteroatoms. The maximum atomic E-state index is 13.5. The Morgan fingerprint density at radius 1 is 1.09 bits per heavy atom. The van der Waals surface area contributed by atoms with Crippen LogP contribution in [0.2, 0.25) is 0 Å². The van der Waals surface area contributed by atoms with Crippen molar-refractivity contribution in [2.24, 2.45) is 0 Å². The van der Waals surface area contributed by atoms with Crippen LogP contribution in [0.1, 0.15) is 72.2 Å². The molecule has 178 valence electrons. The SMILES string of the molecule is CC#N.Cc1ccc(Br)cc1C(=O)N1CCCC[C@H]1c1cc2nc(N3CCCC3)c(C)cn2n1. The number of halogens is 1. The number of aryl methyl sites for hydroxylation is 2. The first-order valence-electron chi connectivity index (χ1n) is 11.9. The van der Waals surface area contributed by atoms with Crippen LogP contribution in [0.5, 0.6) is 0 Å². The zero-order valence-electron chi connectivity index (χ0n) is 20.1. The van der Waals surface area contributed by atoms with Crippen LogP contribution in [-0.4, -0.2) is 45.0 Å². The molecule has 5 rings (SSSR count).